The smallest absolute Gasteiger partial charge is 0.310 e. The van der Waals surface area contributed by atoms with Crippen LogP contribution in [0.1, 0.15) is 15.6 Å². The van der Waals surface area contributed by atoms with Gasteiger partial charge in [-0.3, -0.25) is 4.79 Å². The summed E-state index contributed by atoms with van der Waals surface area (Å²) in [4.78, 5) is 18.7. The molecule has 5 heteroatoms. The fourth-order valence-corrected chi connectivity index (χ4v) is 3.43. The lowest BCUT2D eigenvalue weighted by atomic mass is 10.1. The number of hydrogen-bond acceptors (Lipinski definition) is 4. The van der Waals surface area contributed by atoms with Gasteiger partial charge in [-0.05, 0) is 12.1 Å². The second-order valence-electron chi connectivity index (χ2n) is 4.56. The molecule has 0 radical (unpaired) electrons. The highest BCUT2D eigenvalue weighted by Crippen LogP contribution is 2.28. The van der Waals surface area contributed by atoms with Gasteiger partial charge in [0.1, 0.15) is 5.01 Å². The van der Waals surface area contributed by atoms with Crippen molar-refractivity contribution in [1.82, 2.24) is 4.98 Å². The molecule has 2 heterocycles. The highest BCUT2D eigenvalue weighted by atomic mass is 32.1. The Bertz CT molecular complexity index is 595. The molecule has 4 nitrogen and oxygen atoms in total. The Morgan fingerprint density at radius 1 is 1.37 bits per heavy atom. The molecular weight excluding hydrogens is 260 g/mol. The minimum Gasteiger partial charge on any atom is -0.481 e. The van der Waals surface area contributed by atoms with E-state index in [1.807, 2.05) is 18.2 Å². The zero-order chi connectivity index (χ0) is 13.2. The first-order chi connectivity index (χ1) is 9.22. The van der Waals surface area contributed by atoms with Crippen LogP contribution in [-0.2, 0) is 24.2 Å². The van der Waals surface area contributed by atoms with Crippen LogP contribution < -0.4 is 4.90 Å². The maximum Gasteiger partial charge on any atom is 0.310 e. The molecule has 1 aliphatic heterocycles. The molecule has 2 aromatic rings. The van der Waals surface area contributed by atoms with Gasteiger partial charge in [0, 0.05) is 23.5 Å². The summed E-state index contributed by atoms with van der Waals surface area (Å²) in [6.07, 6.45) is 0.920. The number of para-hydroxylation sites is 1. The van der Waals surface area contributed by atoms with Crippen LogP contribution in [0.3, 0.4) is 0 Å². The number of nitrogens with zero attached hydrogens (tertiary/aromatic N) is 2. The molecule has 0 saturated carbocycles. The fraction of sp³-hybridized carbons (Fsp3) is 0.286. The van der Waals surface area contributed by atoms with Crippen molar-refractivity contribution < 1.29 is 9.90 Å². The SMILES string of the molecule is O=C(O)Cc1nc2c(s1)CN(c1ccccc1)CC2. The number of aliphatic carboxylic acids is 1. The van der Waals surface area contributed by atoms with Crippen molar-refractivity contribution in [3.05, 3.63) is 45.9 Å². The van der Waals surface area contributed by atoms with Crippen LogP contribution in [0.25, 0.3) is 0 Å². The zero-order valence-corrected chi connectivity index (χ0v) is 11.2. The van der Waals surface area contributed by atoms with Crippen LogP contribution in [0, 0.1) is 0 Å². The van der Waals surface area contributed by atoms with E-state index in [1.54, 1.807) is 0 Å². The van der Waals surface area contributed by atoms with Crippen molar-refractivity contribution in [2.75, 3.05) is 11.4 Å². The Hall–Kier alpha value is -1.88. The van der Waals surface area contributed by atoms with Crippen LogP contribution in [0.2, 0.25) is 0 Å². The number of carbonyl (C=O) groups is 1. The topological polar surface area (TPSA) is 53.4 Å². The third-order valence-electron chi connectivity index (χ3n) is 3.20. The summed E-state index contributed by atoms with van der Waals surface area (Å²) in [5.41, 5.74) is 2.29. The van der Waals surface area contributed by atoms with E-state index in [0.717, 1.165) is 25.2 Å². The van der Waals surface area contributed by atoms with Gasteiger partial charge in [-0.1, -0.05) is 18.2 Å². The summed E-state index contributed by atoms with van der Waals surface area (Å²) in [5.74, 6) is -0.814. The number of anilines is 1. The van der Waals surface area contributed by atoms with E-state index in [9.17, 15) is 4.79 Å². The minimum atomic E-state index is -0.814. The Labute approximate surface area is 115 Å². The van der Waals surface area contributed by atoms with Gasteiger partial charge in [-0.25, -0.2) is 4.98 Å². The van der Waals surface area contributed by atoms with Crippen LogP contribution in [0.5, 0.6) is 0 Å². The molecule has 0 unspecified atom stereocenters. The van der Waals surface area contributed by atoms with E-state index < -0.39 is 5.97 Å². The van der Waals surface area contributed by atoms with E-state index in [-0.39, 0.29) is 6.42 Å². The van der Waals surface area contributed by atoms with Gasteiger partial charge in [0.2, 0.25) is 0 Å². The molecule has 0 spiro atoms. The van der Waals surface area contributed by atoms with Gasteiger partial charge in [-0.15, -0.1) is 11.3 Å². The van der Waals surface area contributed by atoms with Gasteiger partial charge in [0.15, 0.2) is 0 Å². The van der Waals surface area contributed by atoms with Crippen LogP contribution in [0.4, 0.5) is 5.69 Å². The molecule has 1 aliphatic rings. The third kappa shape index (κ3) is 2.61. The summed E-state index contributed by atoms with van der Waals surface area (Å²) in [7, 11) is 0. The lowest BCUT2D eigenvalue weighted by molar-refractivity contribution is -0.136. The Morgan fingerprint density at radius 2 is 2.16 bits per heavy atom. The highest BCUT2D eigenvalue weighted by molar-refractivity contribution is 7.11. The molecule has 98 valence electrons. The van der Waals surface area contributed by atoms with Crippen molar-refractivity contribution in [3.8, 4) is 0 Å². The Morgan fingerprint density at radius 3 is 2.89 bits per heavy atom. The summed E-state index contributed by atoms with van der Waals surface area (Å²) in [6, 6.07) is 10.3. The van der Waals surface area contributed by atoms with Gasteiger partial charge in [0.25, 0.3) is 0 Å². The first kappa shape index (κ1) is 12.2. The standard InChI is InChI=1S/C14H14N2O2S/c17-14(18)8-13-15-11-6-7-16(9-12(11)19-13)10-4-2-1-3-5-10/h1-5H,6-9H2,(H,17,18). The van der Waals surface area contributed by atoms with Crippen molar-refractivity contribution in [3.63, 3.8) is 0 Å². The number of rotatable bonds is 3. The maximum atomic E-state index is 10.7. The molecule has 3 rings (SSSR count). The molecule has 1 N–H and O–H groups in total. The molecule has 0 saturated heterocycles. The molecule has 0 amide bonds. The predicted octanol–water partition coefficient (Wildman–Crippen LogP) is 2.33. The van der Waals surface area contributed by atoms with Crippen molar-refractivity contribution in [2.45, 2.75) is 19.4 Å². The van der Waals surface area contributed by atoms with E-state index in [1.165, 1.54) is 21.9 Å². The van der Waals surface area contributed by atoms with E-state index in [0.29, 0.717) is 5.01 Å². The first-order valence-electron chi connectivity index (χ1n) is 6.21. The molecular formula is C14H14N2O2S. The number of hydrogen-bond donors (Lipinski definition) is 1. The van der Waals surface area contributed by atoms with Crippen LogP contribution in [0.15, 0.2) is 30.3 Å². The third-order valence-corrected chi connectivity index (χ3v) is 4.28. The molecule has 19 heavy (non-hydrogen) atoms. The molecule has 1 aromatic heterocycles. The Balaban J connectivity index is 1.80. The summed E-state index contributed by atoms with van der Waals surface area (Å²) < 4.78 is 0. The number of carboxylic acids is 1. The lowest BCUT2D eigenvalue weighted by Crippen LogP contribution is -2.29. The normalized spacial score (nSPS) is 14.2. The molecule has 0 aliphatic carbocycles. The zero-order valence-electron chi connectivity index (χ0n) is 10.4. The molecule has 0 atom stereocenters. The van der Waals surface area contributed by atoms with Crippen molar-refractivity contribution in [1.29, 1.82) is 0 Å². The number of aromatic nitrogens is 1. The van der Waals surface area contributed by atoms with Crippen LogP contribution in [-0.4, -0.2) is 22.6 Å². The lowest BCUT2D eigenvalue weighted by Gasteiger charge is -2.28. The predicted molar refractivity (Wildman–Crippen MR) is 74.6 cm³/mol. The average Bonchev–Trinajstić information content (AvgIpc) is 2.79. The Kier molecular flexibility index (Phi) is 3.21. The number of carboxylic acid groups (broad SMARTS) is 1. The highest BCUT2D eigenvalue weighted by Gasteiger charge is 2.21. The molecule has 0 bridgehead atoms. The van der Waals surface area contributed by atoms with Crippen molar-refractivity contribution in [2.24, 2.45) is 0 Å². The quantitative estimate of drug-likeness (QED) is 0.933. The number of thiazole rings is 1. The summed E-state index contributed by atoms with van der Waals surface area (Å²) >= 11 is 1.53. The van der Waals surface area contributed by atoms with Crippen molar-refractivity contribution >= 4 is 23.0 Å². The number of benzene rings is 1. The van der Waals surface area contributed by atoms with E-state index >= 15 is 0 Å². The van der Waals surface area contributed by atoms with Crippen LogP contribution >= 0.6 is 11.3 Å². The van der Waals surface area contributed by atoms with Gasteiger partial charge in [-0.2, -0.15) is 0 Å². The average molecular weight is 274 g/mol. The number of fused-ring (bicyclic) bond motifs is 1. The largest absolute Gasteiger partial charge is 0.481 e. The summed E-state index contributed by atoms with van der Waals surface area (Å²) in [6.45, 7) is 1.77. The second kappa shape index (κ2) is 5.01. The second-order valence-corrected chi connectivity index (χ2v) is 5.72. The minimum absolute atomic E-state index is 0.0308. The van der Waals surface area contributed by atoms with E-state index in [2.05, 4.69) is 22.0 Å². The van der Waals surface area contributed by atoms with Gasteiger partial charge in [0.05, 0.1) is 18.7 Å². The van der Waals surface area contributed by atoms with Gasteiger partial charge < -0.3 is 10.0 Å². The first-order valence-corrected chi connectivity index (χ1v) is 7.03. The fourth-order valence-electron chi connectivity index (χ4n) is 2.31. The van der Waals surface area contributed by atoms with Gasteiger partial charge >= 0.3 is 5.97 Å². The summed E-state index contributed by atoms with van der Waals surface area (Å²) in [5, 5.41) is 9.53. The molecule has 0 fully saturated rings. The van der Waals surface area contributed by atoms with E-state index in [4.69, 9.17) is 5.11 Å². The maximum absolute atomic E-state index is 10.7. The monoisotopic (exact) mass is 274 g/mol. The molecule has 1 aromatic carbocycles.